The molecule has 1 unspecified atom stereocenters. The van der Waals surface area contributed by atoms with Gasteiger partial charge in [0.15, 0.2) is 0 Å². The highest BCUT2D eigenvalue weighted by Gasteiger charge is 2.27. The Morgan fingerprint density at radius 1 is 1.48 bits per heavy atom. The first-order valence-corrected chi connectivity index (χ1v) is 6.85. The molecule has 2 N–H and O–H groups in total. The van der Waals surface area contributed by atoms with Crippen molar-refractivity contribution in [2.75, 3.05) is 13.7 Å². The highest BCUT2D eigenvalue weighted by Crippen LogP contribution is 2.26. The predicted octanol–water partition coefficient (Wildman–Crippen LogP) is 0.391. The van der Waals surface area contributed by atoms with Crippen molar-refractivity contribution in [2.45, 2.75) is 19.9 Å². The summed E-state index contributed by atoms with van der Waals surface area (Å²) in [6, 6.07) is 5.62. The second-order valence-electron chi connectivity index (χ2n) is 5.32. The van der Waals surface area contributed by atoms with E-state index in [9.17, 15) is 10.0 Å². The molecule has 1 aliphatic heterocycles. The lowest BCUT2D eigenvalue weighted by atomic mass is 9.90. The minimum atomic E-state index is -0.288. The number of hydrogen-bond donors (Lipinski definition) is 2. The second kappa shape index (κ2) is 4.93. The third-order valence-electron chi connectivity index (χ3n) is 4.01. The Kier molecular flexibility index (Phi) is 3.22. The molecule has 0 fully saturated rings. The van der Waals surface area contributed by atoms with Gasteiger partial charge in [-0.2, -0.15) is 0 Å². The van der Waals surface area contributed by atoms with Crippen LogP contribution in [0.3, 0.4) is 0 Å². The van der Waals surface area contributed by atoms with Crippen molar-refractivity contribution in [3.8, 4) is 0 Å². The number of hydroxylamine groups is 2. The van der Waals surface area contributed by atoms with Crippen molar-refractivity contribution in [1.29, 1.82) is 0 Å². The van der Waals surface area contributed by atoms with E-state index in [0.29, 0.717) is 12.3 Å². The van der Waals surface area contributed by atoms with Gasteiger partial charge < -0.3 is 10.1 Å². The molecule has 0 aromatic heterocycles. The van der Waals surface area contributed by atoms with Crippen LogP contribution < -0.4 is 15.8 Å². The van der Waals surface area contributed by atoms with Crippen LogP contribution in [0.5, 0.6) is 0 Å². The van der Waals surface area contributed by atoms with Gasteiger partial charge in [0.2, 0.25) is 5.91 Å². The Labute approximate surface area is 122 Å². The van der Waals surface area contributed by atoms with Gasteiger partial charge in [-0.1, -0.05) is 18.2 Å². The summed E-state index contributed by atoms with van der Waals surface area (Å²) in [4.78, 5) is 11.5. The summed E-state index contributed by atoms with van der Waals surface area (Å²) in [5.41, 5.74) is 2.81. The molecule has 1 atom stereocenters. The minimum absolute atomic E-state index is 0.107. The molecule has 5 heteroatoms. The van der Waals surface area contributed by atoms with Gasteiger partial charge in [-0.15, -0.1) is 0 Å². The van der Waals surface area contributed by atoms with Gasteiger partial charge in [0.1, 0.15) is 11.8 Å². The number of ether oxygens (including phenoxy) is 1. The van der Waals surface area contributed by atoms with E-state index in [0.717, 1.165) is 27.3 Å². The third kappa shape index (κ3) is 2.10. The molecular weight excluding hydrogens is 268 g/mol. The first kappa shape index (κ1) is 13.7. The van der Waals surface area contributed by atoms with Gasteiger partial charge in [-0.3, -0.25) is 15.1 Å². The fourth-order valence-electron chi connectivity index (χ4n) is 3.02. The van der Waals surface area contributed by atoms with Crippen LogP contribution in [-0.2, 0) is 9.53 Å². The van der Waals surface area contributed by atoms with Crippen LogP contribution >= 0.6 is 0 Å². The molecule has 21 heavy (non-hydrogen) atoms. The van der Waals surface area contributed by atoms with Crippen LogP contribution in [0.1, 0.15) is 25.5 Å². The molecule has 110 valence electrons. The van der Waals surface area contributed by atoms with E-state index in [4.69, 9.17) is 4.74 Å². The minimum Gasteiger partial charge on any atom is -0.499 e. The van der Waals surface area contributed by atoms with E-state index in [-0.39, 0.29) is 11.9 Å². The number of carbonyl (C=O) groups excluding carboxylic acids is 1. The molecular formula is C16H18N2O3. The monoisotopic (exact) mass is 286 g/mol. The number of methoxy groups -OCH3 is 1. The van der Waals surface area contributed by atoms with Gasteiger partial charge in [0.25, 0.3) is 0 Å². The van der Waals surface area contributed by atoms with Gasteiger partial charge in [-0.05, 0) is 29.4 Å². The number of amides is 1. The van der Waals surface area contributed by atoms with Gasteiger partial charge >= 0.3 is 0 Å². The summed E-state index contributed by atoms with van der Waals surface area (Å²) in [6.45, 7) is 3.79. The summed E-state index contributed by atoms with van der Waals surface area (Å²) in [6.07, 6.45) is 1.90. The maximum Gasteiger partial charge on any atom is 0.217 e. The second-order valence-corrected chi connectivity index (χ2v) is 5.32. The fraction of sp³-hybridized carbons (Fsp3) is 0.312. The SMILES string of the molecule is COC1=CC2=c3c(cccc3=C(C)N(O)C2)C1NC(C)=O. The molecule has 2 aliphatic rings. The molecule has 0 saturated carbocycles. The van der Waals surface area contributed by atoms with Crippen molar-refractivity contribution >= 4 is 17.2 Å². The van der Waals surface area contributed by atoms with Crippen LogP contribution in [-0.4, -0.2) is 29.8 Å². The van der Waals surface area contributed by atoms with Crippen LogP contribution in [0.15, 0.2) is 30.0 Å². The summed E-state index contributed by atoms with van der Waals surface area (Å²) in [7, 11) is 1.59. The standard InChI is InChI=1S/C16H18N2O3/c1-9-12-5-4-6-13-15(12)11(8-18(9)20)7-14(21-3)16(13)17-10(2)19/h4-7,16,20H,8H2,1-3H3,(H,17,19). The largest absolute Gasteiger partial charge is 0.499 e. The molecule has 0 bridgehead atoms. The molecule has 0 saturated heterocycles. The zero-order valence-electron chi connectivity index (χ0n) is 12.3. The van der Waals surface area contributed by atoms with Crippen molar-refractivity contribution in [3.63, 3.8) is 0 Å². The van der Waals surface area contributed by atoms with Crippen molar-refractivity contribution in [2.24, 2.45) is 0 Å². The van der Waals surface area contributed by atoms with Crippen LogP contribution in [0, 0.1) is 0 Å². The number of nitrogens with zero attached hydrogens (tertiary/aromatic N) is 1. The van der Waals surface area contributed by atoms with Gasteiger partial charge in [0, 0.05) is 17.8 Å². The summed E-state index contributed by atoms with van der Waals surface area (Å²) in [5, 5.41) is 16.3. The summed E-state index contributed by atoms with van der Waals surface area (Å²) in [5.74, 6) is 0.571. The summed E-state index contributed by atoms with van der Waals surface area (Å²) >= 11 is 0. The molecule has 1 aliphatic carbocycles. The molecule has 1 aromatic carbocycles. The molecule has 1 aromatic rings. The van der Waals surface area contributed by atoms with Crippen molar-refractivity contribution in [3.05, 3.63) is 46.0 Å². The van der Waals surface area contributed by atoms with Gasteiger partial charge in [-0.25, -0.2) is 0 Å². The maximum absolute atomic E-state index is 11.5. The van der Waals surface area contributed by atoms with E-state index in [1.54, 1.807) is 7.11 Å². The lowest BCUT2D eigenvalue weighted by Crippen LogP contribution is -2.46. The predicted molar refractivity (Wildman–Crippen MR) is 78.3 cm³/mol. The molecule has 1 heterocycles. The highest BCUT2D eigenvalue weighted by molar-refractivity contribution is 5.75. The van der Waals surface area contributed by atoms with Crippen LogP contribution in [0.4, 0.5) is 0 Å². The smallest absolute Gasteiger partial charge is 0.217 e. The van der Waals surface area contributed by atoms with Crippen molar-refractivity contribution < 1.29 is 14.7 Å². The number of carbonyl (C=O) groups is 1. The summed E-state index contributed by atoms with van der Waals surface area (Å²) < 4.78 is 5.44. The third-order valence-corrected chi connectivity index (χ3v) is 4.01. The van der Waals surface area contributed by atoms with Crippen molar-refractivity contribution in [1.82, 2.24) is 10.4 Å². The van der Waals surface area contributed by atoms with Crippen LogP contribution in [0.2, 0.25) is 0 Å². The van der Waals surface area contributed by atoms with E-state index in [2.05, 4.69) is 5.32 Å². The normalized spacial score (nSPS) is 19.9. The number of rotatable bonds is 2. The Morgan fingerprint density at radius 3 is 2.90 bits per heavy atom. The topological polar surface area (TPSA) is 61.8 Å². The highest BCUT2D eigenvalue weighted by atomic mass is 16.5. The Bertz CT molecular complexity index is 764. The molecule has 1 amide bonds. The average molecular weight is 286 g/mol. The number of hydrogen-bond acceptors (Lipinski definition) is 4. The quantitative estimate of drug-likeness (QED) is 0.826. The fourth-order valence-corrected chi connectivity index (χ4v) is 3.02. The maximum atomic E-state index is 11.5. The molecule has 0 radical (unpaired) electrons. The number of benzene rings is 1. The molecule has 5 nitrogen and oxygen atoms in total. The lowest BCUT2D eigenvalue weighted by molar-refractivity contribution is -0.119. The van der Waals surface area contributed by atoms with E-state index < -0.39 is 0 Å². The first-order valence-electron chi connectivity index (χ1n) is 6.85. The zero-order valence-corrected chi connectivity index (χ0v) is 12.3. The lowest BCUT2D eigenvalue weighted by Gasteiger charge is -2.30. The Morgan fingerprint density at radius 2 is 2.24 bits per heavy atom. The molecule has 0 spiro atoms. The van der Waals surface area contributed by atoms with Gasteiger partial charge in [0.05, 0.1) is 13.7 Å². The van der Waals surface area contributed by atoms with E-state index in [1.165, 1.54) is 12.0 Å². The van der Waals surface area contributed by atoms with Crippen LogP contribution in [0.25, 0.3) is 11.3 Å². The number of nitrogens with one attached hydrogen (secondary N) is 1. The Hall–Kier alpha value is -2.27. The van der Waals surface area contributed by atoms with E-state index >= 15 is 0 Å². The molecule has 3 rings (SSSR count). The average Bonchev–Trinajstić information content (AvgIpc) is 2.46. The van der Waals surface area contributed by atoms with E-state index in [1.807, 2.05) is 31.2 Å². The zero-order chi connectivity index (χ0) is 15.1. The first-order chi connectivity index (χ1) is 10.0. The Balaban J connectivity index is 2.33.